The highest BCUT2D eigenvalue weighted by atomic mass is 32.1. The minimum Gasteiger partial charge on any atom is -0.394 e. The Balaban J connectivity index is 1.57. The molecule has 2 aromatic carbocycles. The molecule has 3 aromatic rings. The molecule has 2 heterocycles. The van der Waals surface area contributed by atoms with Gasteiger partial charge in [-0.05, 0) is 53.4 Å². The number of benzene rings is 2. The molecule has 1 aliphatic heterocycles. The van der Waals surface area contributed by atoms with E-state index in [0.29, 0.717) is 12.0 Å². The zero-order valence-electron chi connectivity index (χ0n) is 17.0. The second-order valence-corrected chi connectivity index (χ2v) is 9.05. The average Bonchev–Trinajstić information content (AvgIpc) is 3.23. The van der Waals surface area contributed by atoms with Crippen LogP contribution in [-0.2, 0) is 11.2 Å². The van der Waals surface area contributed by atoms with Crippen LogP contribution in [-0.4, -0.2) is 51.4 Å². The zero-order chi connectivity index (χ0) is 22.1. The first kappa shape index (κ1) is 22.1. The van der Waals surface area contributed by atoms with Crippen LogP contribution in [0.15, 0.2) is 54.6 Å². The van der Waals surface area contributed by atoms with Gasteiger partial charge in [-0.15, -0.1) is 11.3 Å². The van der Waals surface area contributed by atoms with Crippen LogP contribution >= 0.6 is 11.3 Å². The fraction of sp³-hybridized carbons (Fsp3) is 0.333. The van der Waals surface area contributed by atoms with Crippen molar-refractivity contribution in [3.05, 3.63) is 82.0 Å². The molecule has 1 fully saturated rings. The molecule has 0 bridgehead atoms. The van der Waals surface area contributed by atoms with Gasteiger partial charge < -0.3 is 25.2 Å². The van der Waals surface area contributed by atoms with Crippen molar-refractivity contribution in [3.8, 4) is 10.4 Å². The van der Waals surface area contributed by atoms with Crippen molar-refractivity contribution in [2.24, 2.45) is 0 Å². The predicted octanol–water partition coefficient (Wildman–Crippen LogP) is 2.97. The Morgan fingerprint density at radius 2 is 1.68 bits per heavy atom. The van der Waals surface area contributed by atoms with E-state index in [4.69, 9.17) is 4.74 Å². The molecule has 31 heavy (non-hydrogen) atoms. The fourth-order valence-corrected chi connectivity index (χ4v) is 4.90. The number of aliphatic hydroxyl groups excluding tert-OH is 4. The molecule has 1 aliphatic rings. The summed E-state index contributed by atoms with van der Waals surface area (Å²) < 4.78 is 18.9. The normalized spacial score (nSPS) is 26.2. The summed E-state index contributed by atoms with van der Waals surface area (Å²) in [6.45, 7) is 1.54. The van der Waals surface area contributed by atoms with Gasteiger partial charge in [-0.25, -0.2) is 4.39 Å². The van der Waals surface area contributed by atoms with Crippen LogP contribution in [0, 0.1) is 12.7 Å². The van der Waals surface area contributed by atoms with E-state index in [9.17, 15) is 24.8 Å². The number of halogens is 1. The number of aliphatic hydroxyl groups is 4. The maximum atomic E-state index is 13.2. The molecule has 0 radical (unpaired) electrons. The molecule has 1 aromatic heterocycles. The molecule has 1 saturated heterocycles. The van der Waals surface area contributed by atoms with Crippen LogP contribution in [0.1, 0.15) is 27.7 Å². The number of aryl methyl sites for hydroxylation is 1. The van der Waals surface area contributed by atoms with Gasteiger partial charge in [0.1, 0.15) is 36.3 Å². The molecule has 7 heteroatoms. The van der Waals surface area contributed by atoms with E-state index < -0.39 is 37.1 Å². The Bertz CT molecular complexity index is 1030. The second-order valence-electron chi connectivity index (χ2n) is 7.89. The molecule has 0 saturated carbocycles. The summed E-state index contributed by atoms with van der Waals surface area (Å²) in [6, 6.07) is 16.2. The molecule has 4 N–H and O–H groups in total. The van der Waals surface area contributed by atoms with Crippen molar-refractivity contribution >= 4 is 11.3 Å². The molecule has 0 unspecified atom stereocenters. The summed E-state index contributed by atoms with van der Waals surface area (Å²) in [5, 5.41) is 40.0. The van der Waals surface area contributed by atoms with Crippen LogP contribution in [0.2, 0.25) is 0 Å². The van der Waals surface area contributed by atoms with Gasteiger partial charge in [0, 0.05) is 16.2 Å². The zero-order valence-corrected chi connectivity index (χ0v) is 17.8. The smallest absolute Gasteiger partial charge is 0.123 e. The number of hydrogen-bond donors (Lipinski definition) is 4. The average molecular weight is 445 g/mol. The maximum Gasteiger partial charge on any atom is 0.123 e. The van der Waals surface area contributed by atoms with Gasteiger partial charge in [0.15, 0.2) is 0 Å². The summed E-state index contributed by atoms with van der Waals surface area (Å²) in [6.07, 6.45) is -5.21. The van der Waals surface area contributed by atoms with Gasteiger partial charge in [-0.3, -0.25) is 0 Å². The third kappa shape index (κ3) is 4.57. The molecule has 5 atom stereocenters. The molecule has 0 aliphatic carbocycles. The van der Waals surface area contributed by atoms with E-state index in [-0.39, 0.29) is 5.82 Å². The highest BCUT2D eigenvalue weighted by Gasteiger charge is 2.43. The molecule has 0 spiro atoms. The lowest BCUT2D eigenvalue weighted by Crippen LogP contribution is -2.55. The van der Waals surface area contributed by atoms with Crippen LogP contribution in [0.25, 0.3) is 10.4 Å². The monoisotopic (exact) mass is 444 g/mol. The van der Waals surface area contributed by atoms with Crippen molar-refractivity contribution < 1.29 is 29.6 Å². The van der Waals surface area contributed by atoms with Gasteiger partial charge in [0.2, 0.25) is 0 Å². The highest BCUT2D eigenvalue weighted by Crippen LogP contribution is 2.35. The SMILES string of the molecule is Cc1ccc([C@@H]2O[C@H](CO)[C@@H](O)[C@H](O)[C@@H]2O)cc1Cc1ccc(-c2ccc(F)cc2)s1. The Hall–Kier alpha value is -2.13. The standard InChI is InChI=1S/C24H25FO5S/c1-13-2-3-15(24-23(29)22(28)21(27)19(12-26)30-24)10-16(13)11-18-8-9-20(31-18)14-4-6-17(25)7-5-14/h2-10,19,21-24,26-29H,11-12H2,1H3/t19-,21-,22+,23+,24+/m1/s1. The number of hydrogen-bond acceptors (Lipinski definition) is 6. The van der Waals surface area contributed by atoms with Gasteiger partial charge in [0.25, 0.3) is 0 Å². The number of thiophene rings is 1. The Morgan fingerprint density at radius 3 is 2.39 bits per heavy atom. The van der Waals surface area contributed by atoms with Crippen molar-refractivity contribution in [2.45, 2.75) is 43.9 Å². The summed E-state index contributed by atoms with van der Waals surface area (Å²) >= 11 is 1.63. The summed E-state index contributed by atoms with van der Waals surface area (Å²) in [4.78, 5) is 2.19. The fourth-order valence-electron chi connectivity index (χ4n) is 3.87. The van der Waals surface area contributed by atoms with E-state index in [0.717, 1.165) is 26.4 Å². The molecule has 0 amide bonds. The molecule has 164 valence electrons. The van der Waals surface area contributed by atoms with Gasteiger partial charge in [-0.1, -0.05) is 30.3 Å². The molecular formula is C24H25FO5S. The van der Waals surface area contributed by atoms with E-state index >= 15 is 0 Å². The number of rotatable bonds is 5. The minimum absolute atomic E-state index is 0.263. The van der Waals surface area contributed by atoms with E-state index in [1.54, 1.807) is 23.5 Å². The van der Waals surface area contributed by atoms with Crippen LogP contribution in [0.3, 0.4) is 0 Å². The Labute approximate surface area is 184 Å². The lowest BCUT2D eigenvalue weighted by molar-refractivity contribution is -0.231. The molecule has 5 nitrogen and oxygen atoms in total. The van der Waals surface area contributed by atoms with Crippen molar-refractivity contribution in [1.82, 2.24) is 0 Å². The Kier molecular flexibility index (Phi) is 6.52. The van der Waals surface area contributed by atoms with E-state index in [1.807, 2.05) is 37.3 Å². The molecule has 4 rings (SSSR count). The van der Waals surface area contributed by atoms with Crippen LogP contribution < -0.4 is 0 Å². The topological polar surface area (TPSA) is 90.2 Å². The second kappa shape index (κ2) is 9.16. The molecular weight excluding hydrogens is 419 g/mol. The van der Waals surface area contributed by atoms with Gasteiger partial charge >= 0.3 is 0 Å². The summed E-state index contributed by atoms with van der Waals surface area (Å²) in [7, 11) is 0. The van der Waals surface area contributed by atoms with Gasteiger partial charge in [-0.2, -0.15) is 0 Å². The number of ether oxygens (including phenoxy) is 1. The van der Waals surface area contributed by atoms with Crippen LogP contribution in [0.5, 0.6) is 0 Å². The lowest BCUT2D eigenvalue weighted by Gasteiger charge is -2.40. The third-order valence-corrected chi connectivity index (χ3v) is 6.88. The minimum atomic E-state index is -1.41. The van der Waals surface area contributed by atoms with Crippen LogP contribution in [0.4, 0.5) is 4.39 Å². The van der Waals surface area contributed by atoms with Crippen molar-refractivity contribution in [1.29, 1.82) is 0 Å². The highest BCUT2D eigenvalue weighted by molar-refractivity contribution is 7.15. The van der Waals surface area contributed by atoms with Crippen molar-refractivity contribution in [2.75, 3.05) is 6.61 Å². The largest absolute Gasteiger partial charge is 0.394 e. The van der Waals surface area contributed by atoms with E-state index in [2.05, 4.69) is 0 Å². The first-order chi connectivity index (χ1) is 14.9. The lowest BCUT2D eigenvalue weighted by atomic mass is 9.89. The quantitative estimate of drug-likeness (QED) is 0.486. The first-order valence-corrected chi connectivity index (χ1v) is 10.9. The third-order valence-electron chi connectivity index (χ3n) is 5.75. The maximum absolute atomic E-state index is 13.2. The predicted molar refractivity (Wildman–Crippen MR) is 116 cm³/mol. The first-order valence-electron chi connectivity index (χ1n) is 10.1. The summed E-state index contributed by atoms with van der Waals surface area (Å²) in [5.74, 6) is -0.263. The van der Waals surface area contributed by atoms with E-state index in [1.165, 1.54) is 12.1 Å². The summed E-state index contributed by atoms with van der Waals surface area (Å²) in [5.41, 5.74) is 3.75. The van der Waals surface area contributed by atoms with Crippen molar-refractivity contribution in [3.63, 3.8) is 0 Å². The van der Waals surface area contributed by atoms with Gasteiger partial charge in [0.05, 0.1) is 6.61 Å². The Morgan fingerprint density at radius 1 is 0.935 bits per heavy atom.